The lowest BCUT2D eigenvalue weighted by molar-refractivity contribution is 0.497. The Morgan fingerprint density at radius 2 is 2.12 bits per heavy atom. The molecule has 17 heavy (non-hydrogen) atoms. The van der Waals surface area contributed by atoms with Gasteiger partial charge in [-0.3, -0.25) is 4.98 Å². The first-order valence-corrected chi connectivity index (χ1v) is 6.04. The van der Waals surface area contributed by atoms with Gasteiger partial charge < -0.3 is 10.2 Å². The van der Waals surface area contributed by atoms with Crippen molar-refractivity contribution in [3.63, 3.8) is 0 Å². The Hall–Kier alpha value is -1.68. The minimum absolute atomic E-state index is 0.471. The quantitative estimate of drug-likeness (QED) is 0.801. The van der Waals surface area contributed by atoms with Crippen molar-refractivity contribution in [1.82, 2.24) is 15.3 Å². The van der Waals surface area contributed by atoms with Crippen LogP contribution in [-0.4, -0.2) is 35.6 Å². The zero-order valence-electron chi connectivity index (χ0n) is 9.93. The summed E-state index contributed by atoms with van der Waals surface area (Å²) < 4.78 is 0. The van der Waals surface area contributed by atoms with E-state index in [0.29, 0.717) is 6.04 Å². The maximum atomic E-state index is 4.68. The van der Waals surface area contributed by atoms with Gasteiger partial charge >= 0.3 is 0 Å². The van der Waals surface area contributed by atoms with Crippen LogP contribution in [0.5, 0.6) is 0 Å². The summed E-state index contributed by atoms with van der Waals surface area (Å²) in [4.78, 5) is 11.5. The predicted octanol–water partition coefficient (Wildman–Crippen LogP) is 1.43. The number of piperazine rings is 1. The molecule has 0 radical (unpaired) electrons. The van der Waals surface area contributed by atoms with Gasteiger partial charge in [0.25, 0.3) is 0 Å². The molecule has 1 aliphatic heterocycles. The second kappa shape index (κ2) is 4.30. The van der Waals surface area contributed by atoms with Crippen LogP contribution in [0, 0.1) is 0 Å². The van der Waals surface area contributed by atoms with Crippen molar-refractivity contribution in [3.05, 3.63) is 30.5 Å². The molecule has 1 N–H and O–H groups in total. The van der Waals surface area contributed by atoms with E-state index in [-0.39, 0.29) is 0 Å². The molecule has 4 nitrogen and oxygen atoms in total. The van der Waals surface area contributed by atoms with E-state index in [2.05, 4.69) is 27.1 Å². The van der Waals surface area contributed by atoms with Crippen LogP contribution in [0.25, 0.3) is 11.0 Å². The molecule has 2 heterocycles. The van der Waals surface area contributed by atoms with Gasteiger partial charge in [0.1, 0.15) is 5.82 Å². The number of nitrogens with zero attached hydrogens (tertiary/aromatic N) is 3. The minimum Gasteiger partial charge on any atom is -0.350 e. The van der Waals surface area contributed by atoms with Gasteiger partial charge in [0.2, 0.25) is 0 Å². The van der Waals surface area contributed by atoms with Crippen molar-refractivity contribution >= 4 is 16.9 Å². The summed E-state index contributed by atoms with van der Waals surface area (Å²) in [5, 5.41) is 3.38. The average Bonchev–Trinajstić information content (AvgIpc) is 2.39. The fourth-order valence-corrected chi connectivity index (χ4v) is 2.27. The van der Waals surface area contributed by atoms with Crippen molar-refractivity contribution in [2.45, 2.75) is 13.0 Å². The van der Waals surface area contributed by atoms with E-state index in [1.165, 1.54) is 0 Å². The van der Waals surface area contributed by atoms with Crippen LogP contribution in [-0.2, 0) is 0 Å². The van der Waals surface area contributed by atoms with Gasteiger partial charge in [0.15, 0.2) is 0 Å². The van der Waals surface area contributed by atoms with Gasteiger partial charge in [-0.25, -0.2) is 4.98 Å². The number of benzene rings is 1. The van der Waals surface area contributed by atoms with Gasteiger partial charge in [-0.2, -0.15) is 0 Å². The number of hydrogen-bond donors (Lipinski definition) is 1. The maximum Gasteiger partial charge on any atom is 0.148 e. The summed E-state index contributed by atoms with van der Waals surface area (Å²) in [6, 6.07) is 8.47. The summed E-state index contributed by atoms with van der Waals surface area (Å²) in [5.74, 6) is 0.984. The summed E-state index contributed by atoms with van der Waals surface area (Å²) >= 11 is 0. The highest BCUT2D eigenvalue weighted by Gasteiger charge is 2.19. The molecule has 88 valence electrons. The second-order valence-corrected chi connectivity index (χ2v) is 4.46. The monoisotopic (exact) mass is 228 g/mol. The molecule has 0 saturated carbocycles. The number of aromatic nitrogens is 2. The van der Waals surface area contributed by atoms with Crippen LogP contribution in [0.15, 0.2) is 30.5 Å². The van der Waals surface area contributed by atoms with E-state index < -0.39 is 0 Å². The van der Waals surface area contributed by atoms with Crippen LogP contribution in [0.1, 0.15) is 6.92 Å². The third-order valence-electron chi connectivity index (χ3n) is 3.23. The SMILES string of the molecule is C[C@@H]1CNCCN1c1cnc2ccccc2n1. The van der Waals surface area contributed by atoms with E-state index in [0.717, 1.165) is 36.5 Å². The van der Waals surface area contributed by atoms with Gasteiger partial charge in [-0.15, -0.1) is 0 Å². The normalized spacial score (nSPS) is 20.8. The maximum absolute atomic E-state index is 4.68. The minimum atomic E-state index is 0.471. The van der Waals surface area contributed by atoms with Gasteiger partial charge in [-0.05, 0) is 19.1 Å². The Morgan fingerprint density at radius 1 is 1.29 bits per heavy atom. The van der Waals surface area contributed by atoms with Crippen LogP contribution in [0.2, 0.25) is 0 Å². The molecular formula is C13H16N4. The van der Waals surface area contributed by atoms with Crippen molar-refractivity contribution in [2.75, 3.05) is 24.5 Å². The number of fused-ring (bicyclic) bond motifs is 1. The Bertz CT molecular complexity index is 526. The van der Waals surface area contributed by atoms with E-state index in [9.17, 15) is 0 Å². The van der Waals surface area contributed by atoms with Crippen molar-refractivity contribution in [2.24, 2.45) is 0 Å². The highest BCUT2D eigenvalue weighted by atomic mass is 15.3. The lowest BCUT2D eigenvalue weighted by atomic mass is 10.2. The van der Waals surface area contributed by atoms with Gasteiger partial charge in [0, 0.05) is 25.7 Å². The molecule has 1 fully saturated rings. The summed E-state index contributed by atoms with van der Waals surface area (Å²) in [6.45, 7) is 5.23. The van der Waals surface area contributed by atoms with Crippen molar-refractivity contribution in [3.8, 4) is 0 Å². The van der Waals surface area contributed by atoms with Crippen molar-refractivity contribution < 1.29 is 0 Å². The Morgan fingerprint density at radius 3 is 2.94 bits per heavy atom. The number of rotatable bonds is 1. The topological polar surface area (TPSA) is 41.0 Å². The first kappa shape index (κ1) is 10.5. The number of anilines is 1. The van der Waals surface area contributed by atoms with E-state index in [1.54, 1.807) is 0 Å². The standard InChI is InChI=1S/C13H16N4/c1-10-8-14-6-7-17(10)13-9-15-11-4-2-3-5-12(11)16-13/h2-5,9-10,14H,6-8H2,1H3/t10-/m1/s1. The molecule has 0 spiro atoms. The van der Waals surface area contributed by atoms with E-state index in [4.69, 9.17) is 0 Å². The Balaban J connectivity index is 1.99. The zero-order valence-corrected chi connectivity index (χ0v) is 9.93. The predicted molar refractivity (Wildman–Crippen MR) is 69.2 cm³/mol. The molecule has 2 aromatic rings. The molecule has 1 saturated heterocycles. The van der Waals surface area contributed by atoms with Crippen LogP contribution < -0.4 is 10.2 Å². The van der Waals surface area contributed by atoms with Crippen LogP contribution in [0.4, 0.5) is 5.82 Å². The largest absolute Gasteiger partial charge is 0.350 e. The average molecular weight is 228 g/mol. The molecule has 1 aromatic carbocycles. The molecule has 3 rings (SSSR count). The number of para-hydroxylation sites is 2. The molecular weight excluding hydrogens is 212 g/mol. The molecule has 0 amide bonds. The van der Waals surface area contributed by atoms with Crippen LogP contribution in [0.3, 0.4) is 0 Å². The molecule has 0 unspecified atom stereocenters. The third kappa shape index (κ3) is 1.96. The molecule has 4 heteroatoms. The molecule has 1 aliphatic rings. The summed E-state index contributed by atoms with van der Waals surface area (Å²) in [6.07, 6.45) is 1.88. The van der Waals surface area contributed by atoms with Gasteiger partial charge in [0.05, 0.1) is 17.2 Å². The molecule has 1 atom stereocenters. The van der Waals surface area contributed by atoms with Gasteiger partial charge in [-0.1, -0.05) is 12.1 Å². The number of hydrogen-bond acceptors (Lipinski definition) is 4. The third-order valence-corrected chi connectivity index (χ3v) is 3.23. The molecule has 0 aliphatic carbocycles. The lowest BCUT2D eigenvalue weighted by Gasteiger charge is -2.34. The van der Waals surface area contributed by atoms with E-state index >= 15 is 0 Å². The summed E-state index contributed by atoms with van der Waals surface area (Å²) in [5.41, 5.74) is 1.93. The fraction of sp³-hybridized carbons (Fsp3) is 0.385. The molecule has 0 bridgehead atoms. The van der Waals surface area contributed by atoms with Crippen molar-refractivity contribution in [1.29, 1.82) is 0 Å². The second-order valence-electron chi connectivity index (χ2n) is 4.46. The highest BCUT2D eigenvalue weighted by molar-refractivity contribution is 5.75. The first-order valence-electron chi connectivity index (χ1n) is 6.04. The Kier molecular flexibility index (Phi) is 2.65. The van der Waals surface area contributed by atoms with E-state index in [1.807, 2.05) is 30.5 Å². The highest BCUT2D eigenvalue weighted by Crippen LogP contribution is 2.17. The lowest BCUT2D eigenvalue weighted by Crippen LogP contribution is -2.50. The Labute approximate surface area is 101 Å². The summed E-state index contributed by atoms with van der Waals surface area (Å²) in [7, 11) is 0. The number of nitrogens with one attached hydrogen (secondary N) is 1. The molecule has 1 aromatic heterocycles. The van der Waals surface area contributed by atoms with Crippen LogP contribution >= 0.6 is 0 Å². The fourth-order valence-electron chi connectivity index (χ4n) is 2.27. The zero-order chi connectivity index (χ0) is 11.7. The first-order chi connectivity index (χ1) is 8.34. The smallest absolute Gasteiger partial charge is 0.148 e.